The number of methoxy groups -OCH3 is 2. The molecule has 1 heterocycles. The second kappa shape index (κ2) is 64.2. The Hall–Kier alpha value is -11.0. The summed E-state index contributed by atoms with van der Waals surface area (Å²) < 4.78 is 10.3. The Morgan fingerprint density at radius 1 is 0.221 bits per heavy atom. The summed E-state index contributed by atoms with van der Waals surface area (Å²) in [6.45, 7) is 63.7. The number of ether oxygens (including phenoxy) is 2. The number of hydrogen-bond acceptors (Lipinski definition) is 11. The molecule has 8 rings (SSSR count). The Labute approximate surface area is 823 Å². The number of rotatable bonds is 34. The molecule has 19 heteroatoms. The lowest BCUT2D eigenvalue weighted by atomic mass is 9.92. The summed E-state index contributed by atoms with van der Waals surface area (Å²) in [5, 5.41) is 23.6. The second-order valence-corrected chi connectivity index (χ2v) is 45.2. The number of nitrogens with one attached hydrogen (secondary N) is 8. The summed E-state index contributed by atoms with van der Waals surface area (Å²) in [5.74, 6) is 2.79. The van der Waals surface area contributed by atoms with Gasteiger partial charge in [0.25, 0.3) is 0 Å². The van der Waals surface area contributed by atoms with E-state index >= 15 is 0 Å². The monoisotopic (exact) mass is 1870 g/mol. The standard InChI is InChI=1S/2C15H23NO2.4C15H23NO.C14H21NO.C13H20N2O/c1-15(2,3)11-14(17)16-10-9-12-5-7-13(18-4)8-6-12;1-15(2,3)11-14(17)16-9-8-12-6-5-7-13(10-12)18-4;2*1-12-5-7-13(8-6-12)9-10-16-14(17)11-15(2,3)4;2*1-12-6-5-7-13(10-12)8-9-16-14(17)11-15(2,3)4;1-14(2,3)11-13(16)15-10-9-12-7-5-4-6-8-12;1-13(2,3)9-12(16)15-8-6-11-5-4-7-14-10-11/h5-8H,9-11H2,1-4H3,(H,16,17);5-7,10H,8-9,11H2,1-4H3,(H,16,17);2*5-8H,9-11H2,1-4H3,(H,16,17);2*5-7,10H,8-9,11H2,1-4H3,(H,16,17);4-8H,9-11H2,1-3H3,(H,15,16);4-5,7,10H,6,8-9H2,1-3H3,(H,15,16). The highest BCUT2D eigenvalue weighted by atomic mass is 16.5. The molecule has 19 nitrogen and oxygen atoms in total. The molecule has 8 aromatic rings. The Balaban J connectivity index is 0.000000777. The summed E-state index contributed by atoms with van der Waals surface area (Å²) in [4.78, 5) is 96.7. The molecule has 0 saturated carbocycles. The minimum absolute atomic E-state index is 0.0417. The number of nitrogens with zero attached hydrogens (tertiary/aromatic N) is 1. The van der Waals surface area contributed by atoms with Crippen molar-refractivity contribution in [1.82, 2.24) is 47.5 Å². The van der Waals surface area contributed by atoms with Gasteiger partial charge in [-0.15, -0.1) is 0 Å². The van der Waals surface area contributed by atoms with Gasteiger partial charge in [-0.05, 0) is 197 Å². The molecule has 0 radical (unpaired) electrons. The Kier molecular flexibility index (Phi) is 58.1. The predicted molar refractivity (Wildman–Crippen MR) is 568 cm³/mol. The summed E-state index contributed by atoms with van der Waals surface area (Å²) >= 11 is 0. The number of benzene rings is 7. The lowest BCUT2D eigenvalue weighted by Crippen LogP contribution is -2.29. The number of pyridine rings is 1. The highest BCUT2D eigenvalue weighted by Gasteiger charge is 2.22. The average Bonchev–Trinajstić information content (AvgIpc) is 0.775. The van der Waals surface area contributed by atoms with Crippen LogP contribution < -0.4 is 52.0 Å². The van der Waals surface area contributed by atoms with Crippen LogP contribution in [0.15, 0.2) is 200 Å². The van der Waals surface area contributed by atoms with E-state index in [2.05, 4.69) is 351 Å². The van der Waals surface area contributed by atoms with E-state index in [0.29, 0.717) is 71.0 Å². The summed E-state index contributed by atoms with van der Waals surface area (Å²) in [6.07, 6.45) is 15.2. The highest BCUT2D eigenvalue weighted by Crippen LogP contribution is 2.25. The largest absolute Gasteiger partial charge is 0.497 e. The van der Waals surface area contributed by atoms with Gasteiger partial charge in [-0.2, -0.15) is 0 Å². The van der Waals surface area contributed by atoms with Crippen LogP contribution in [0, 0.1) is 71.0 Å². The van der Waals surface area contributed by atoms with Crippen LogP contribution in [0.1, 0.15) is 284 Å². The first-order valence-corrected chi connectivity index (χ1v) is 48.8. The van der Waals surface area contributed by atoms with Crippen molar-refractivity contribution in [2.24, 2.45) is 43.3 Å². The molecule has 0 bridgehead atoms. The van der Waals surface area contributed by atoms with Crippen molar-refractivity contribution in [2.75, 3.05) is 66.6 Å². The van der Waals surface area contributed by atoms with E-state index in [9.17, 15) is 38.4 Å². The van der Waals surface area contributed by atoms with Gasteiger partial charge < -0.3 is 52.0 Å². The first kappa shape index (κ1) is 123. The SMILES string of the molecule is CC(C)(C)CC(=O)NCCc1ccccc1.CC(C)(C)CC(=O)NCCc1cccnc1.COc1ccc(CCNC(=O)CC(C)(C)C)cc1.COc1cccc(CCNC(=O)CC(C)(C)C)c1.Cc1ccc(CCNC(=O)CC(C)(C)C)cc1.Cc1ccc(CCNC(=O)CC(C)(C)C)cc1.Cc1cccc(CCNC(=O)CC(C)(C)C)c1.Cc1cccc(CCNC(=O)CC(C)(C)C)c1. The Morgan fingerprint density at radius 2 is 0.434 bits per heavy atom. The van der Waals surface area contributed by atoms with Crippen molar-refractivity contribution in [2.45, 2.75) is 297 Å². The minimum atomic E-state index is 0.0417. The van der Waals surface area contributed by atoms with Crippen molar-refractivity contribution in [3.8, 4) is 11.5 Å². The number of carbonyl (C=O) groups is 8. The molecule has 0 spiro atoms. The molecule has 136 heavy (non-hydrogen) atoms. The van der Waals surface area contributed by atoms with Gasteiger partial charge in [-0.3, -0.25) is 43.3 Å². The molecular weight excluding hydrogens is 1690 g/mol. The van der Waals surface area contributed by atoms with Crippen LogP contribution in [-0.2, 0) is 89.7 Å². The molecule has 1 aromatic heterocycles. The molecule has 0 fully saturated rings. The van der Waals surface area contributed by atoms with E-state index < -0.39 is 0 Å². The van der Waals surface area contributed by atoms with Gasteiger partial charge in [0, 0.05) is 116 Å². The highest BCUT2D eigenvalue weighted by molar-refractivity contribution is 5.79. The van der Waals surface area contributed by atoms with Gasteiger partial charge >= 0.3 is 0 Å². The zero-order chi connectivity index (χ0) is 103. The molecule has 0 aliphatic heterocycles. The first-order valence-electron chi connectivity index (χ1n) is 48.8. The normalized spacial score (nSPS) is 11.2. The molecule has 0 atom stereocenters. The fraction of sp³-hybridized carbons (Fsp3) is 0.530. The Bertz CT molecular complexity index is 4460. The van der Waals surface area contributed by atoms with Gasteiger partial charge in [0.15, 0.2) is 0 Å². The number of aryl methyl sites for hydroxylation is 4. The quantitative estimate of drug-likeness (QED) is 0.0188. The van der Waals surface area contributed by atoms with Crippen LogP contribution in [0.4, 0.5) is 0 Å². The van der Waals surface area contributed by atoms with E-state index in [-0.39, 0.29) is 90.6 Å². The van der Waals surface area contributed by atoms with Crippen molar-refractivity contribution >= 4 is 47.3 Å². The second-order valence-electron chi connectivity index (χ2n) is 45.2. The third-order valence-electron chi connectivity index (χ3n) is 19.7. The maximum Gasteiger partial charge on any atom is 0.220 e. The number of amides is 8. The smallest absolute Gasteiger partial charge is 0.220 e. The molecule has 8 N–H and O–H groups in total. The number of hydrogen-bond donors (Lipinski definition) is 8. The van der Waals surface area contributed by atoms with Crippen LogP contribution in [-0.4, -0.2) is 119 Å². The lowest BCUT2D eigenvalue weighted by molar-refractivity contribution is -0.123. The average molecular weight is 1870 g/mol. The van der Waals surface area contributed by atoms with E-state index in [1.54, 1.807) is 20.4 Å². The lowest BCUT2D eigenvalue weighted by Gasteiger charge is -2.17. The fourth-order valence-electron chi connectivity index (χ4n) is 13.2. The van der Waals surface area contributed by atoms with Crippen LogP contribution in [0.25, 0.3) is 0 Å². The van der Waals surface area contributed by atoms with Crippen LogP contribution in [0.2, 0.25) is 0 Å². The molecule has 8 amide bonds. The van der Waals surface area contributed by atoms with Crippen molar-refractivity contribution in [3.05, 3.63) is 267 Å². The zero-order valence-corrected chi connectivity index (χ0v) is 89.6. The van der Waals surface area contributed by atoms with E-state index in [1.807, 2.05) is 85.1 Å². The predicted octanol–water partition coefficient (Wildman–Crippen LogP) is 22.9. The van der Waals surface area contributed by atoms with Crippen LogP contribution >= 0.6 is 0 Å². The molecular formula is C117H179N9O10. The van der Waals surface area contributed by atoms with Gasteiger partial charge in [-0.1, -0.05) is 346 Å². The van der Waals surface area contributed by atoms with Gasteiger partial charge in [0.2, 0.25) is 47.3 Å². The number of aromatic nitrogens is 1. The Morgan fingerprint density at radius 3 is 0.669 bits per heavy atom. The number of carbonyl (C=O) groups excluding carboxylic acids is 8. The van der Waals surface area contributed by atoms with Crippen molar-refractivity contribution < 1.29 is 47.8 Å². The molecule has 0 unspecified atom stereocenters. The minimum Gasteiger partial charge on any atom is -0.497 e. The topological polar surface area (TPSA) is 264 Å². The maximum atomic E-state index is 11.6. The summed E-state index contributed by atoms with van der Waals surface area (Å²) in [6, 6.07) is 63.7. The van der Waals surface area contributed by atoms with E-state index in [0.717, 1.165) is 101 Å². The maximum absolute atomic E-state index is 11.6. The van der Waals surface area contributed by atoms with Crippen LogP contribution in [0.5, 0.6) is 11.5 Å². The van der Waals surface area contributed by atoms with E-state index in [1.165, 1.54) is 61.2 Å². The van der Waals surface area contributed by atoms with Gasteiger partial charge in [0.05, 0.1) is 14.2 Å². The molecule has 752 valence electrons. The summed E-state index contributed by atoms with van der Waals surface area (Å²) in [5.41, 5.74) is 15.4. The van der Waals surface area contributed by atoms with E-state index in [4.69, 9.17) is 9.47 Å². The molecule has 0 saturated heterocycles. The molecule has 0 aliphatic carbocycles. The molecule has 0 aliphatic rings. The van der Waals surface area contributed by atoms with Gasteiger partial charge in [0.1, 0.15) is 11.5 Å². The zero-order valence-electron chi connectivity index (χ0n) is 89.6. The first-order chi connectivity index (χ1) is 63.2. The van der Waals surface area contributed by atoms with Crippen LogP contribution in [0.3, 0.4) is 0 Å². The third-order valence-corrected chi connectivity index (χ3v) is 19.7. The summed E-state index contributed by atoms with van der Waals surface area (Å²) in [7, 11) is 3.31. The van der Waals surface area contributed by atoms with Crippen molar-refractivity contribution in [1.29, 1.82) is 0 Å². The van der Waals surface area contributed by atoms with Crippen molar-refractivity contribution in [3.63, 3.8) is 0 Å². The molecule has 7 aromatic carbocycles. The van der Waals surface area contributed by atoms with Gasteiger partial charge in [-0.25, -0.2) is 0 Å². The fourth-order valence-corrected chi connectivity index (χ4v) is 13.2. The third kappa shape index (κ3) is 74.3.